The first-order chi connectivity index (χ1) is 9.25. The van der Waals surface area contributed by atoms with Crippen molar-refractivity contribution < 1.29 is 9.53 Å². The van der Waals surface area contributed by atoms with E-state index in [4.69, 9.17) is 4.74 Å². The Morgan fingerprint density at radius 3 is 3.00 bits per heavy atom. The van der Waals surface area contributed by atoms with Gasteiger partial charge in [0.05, 0.1) is 19.3 Å². The summed E-state index contributed by atoms with van der Waals surface area (Å²) in [6.07, 6.45) is 2.85. The number of hydrogen-bond donors (Lipinski definition) is 2. The zero-order valence-electron chi connectivity index (χ0n) is 10.8. The predicted octanol–water partition coefficient (Wildman–Crippen LogP) is 2.29. The first-order valence-corrected chi connectivity index (χ1v) is 8.24. The van der Waals surface area contributed by atoms with Crippen LogP contribution in [0.3, 0.4) is 0 Å². The molecule has 0 spiro atoms. The van der Waals surface area contributed by atoms with Crippen molar-refractivity contribution >= 4 is 33.2 Å². The summed E-state index contributed by atoms with van der Waals surface area (Å²) in [6.45, 7) is 3.14. The first kappa shape index (κ1) is 15.0. The fourth-order valence-electron chi connectivity index (χ4n) is 2.00. The third-order valence-corrected chi connectivity index (χ3v) is 5.03. The highest BCUT2D eigenvalue weighted by Crippen LogP contribution is 2.22. The molecule has 1 aliphatic rings. The highest BCUT2D eigenvalue weighted by Gasteiger charge is 2.13. The van der Waals surface area contributed by atoms with Crippen molar-refractivity contribution in [2.45, 2.75) is 31.9 Å². The zero-order chi connectivity index (χ0) is 13.5. The zero-order valence-corrected chi connectivity index (χ0v) is 13.2. The SMILES string of the molecule is O=C(CCOC1CCNCC1)NCc1sccc1Br. The van der Waals surface area contributed by atoms with Gasteiger partial charge in [-0.3, -0.25) is 4.79 Å². The number of halogens is 1. The van der Waals surface area contributed by atoms with E-state index in [-0.39, 0.29) is 5.91 Å². The summed E-state index contributed by atoms with van der Waals surface area (Å²) in [5.41, 5.74) is 0. The molecule has 1 aliphatic heterocycles. The van der Waals surface area contributed by atoms with E-state index in [0.29, 0.717) is 25.7 Å². The maximum absolute atomic E-state index is 11.7. The van der Waals surface area contributed by atoms with Gasteiger partial charge in [0.1, 0.15) is 0 Å². The van der Waals surface area contributed by atoms with Gasteiger partial charge in [0, 0.05) is 15.8 Å². The molecule has 1 aromatic rings. The molecule has 2 rings (SSSR count). The number of ether oxygens (including phenoxy) is 1. The molecule has 0 radical (unpaired) electrons. The Kier molecular flexibility index (Phi) is 6.30. The minimum absolute atomic E-state index is 0.0502. The highest BCUT2D eigenvalue weighted by atomic mass is 79.9. The largest absolute Gasteiger partial charge is 0.378 e. The lowest BCUT2D eigenvalue weighted by Crippen LogP contribution is -2.33. The molecule has 0 unspecified atom stereocenters. The van der Waals surface area contributed by atoms with Crippen LogP contribution in [0, 0.1) is 0 Å². The number of carbonyl (C=O) groups is 1. The average molecular weight is 347 g/mol. The molecule has 1 aromatic heterocycles. The number of hydrogen-bond acceptors (Lipinski definition) is 4. The van der Waals surface area contributed by atoms with Crippen LogP contribution >= 0.6 is 27.3 Å². The molecule has 0 aliphatic carbocycles. The molecule has 0 bridgehead atoms. The smallest absolute Gasteiger partial charge is 0.222 e. The lowest BCUT2D eigenvalue weighted by Gasteiger charge is -2.22. The van der Waals surface area contributed by atoms with Gasteiger partial charge in [-0.1, -0.05) is 0 Å². The van der Waals surface area contributed by atoms with Gasteiger partial charge in [0.15, 0.2) is 0 Å². The van der Waals surface area contributed by atoms with E-state index in [9.17, 15) is 4.79 Å². The monoisotopic (exact) mass is 346 g/mol. The van der Waals surface area contributed by atoms with Crippen LogP contribution in [0.2, 0.25) is 0 Å². The van der Waals surface area contributed by atoms with Gasteiger partial charge in [-0.15, -0.1) is 11.3 Å². The molecule has 2 N–H and O–H groups in total. The second-order valence-corrected chi connectivity index (χ2v) is 6.39. The van der Waals surface area contributed by atoms with Gasteiger partial charge in [-0.05, 0) is 53.3 Å². The maximum Gasteiger partial charge on any atom is 0.222 e. The summed E-state index contributed by atoms with van der Waals surface area (Å²) >= 11 is 5.09. The molecular formula is C13H19BrN2O2S. The van der Waals surface area contributed by atoms with Crippen molar-refractivity contribution in [2.75, 3.05) is 19.7 Å². The lowest BCUT2D eigenvalue weighted by molar-refractivity contribution is -0.122. The van der Waals surface area contributed by atoms with Gasteiger partial charge >= 0.3 is 0 Å². The van der Waals surface area contributed by atoms with E-state index in [1.807, 2.05) is 11.4 Å². The Morgan fingerprint density at radius 2 is 2.32 bits per heavy atom. The normalized spacial score (nSPS) is 16.5. The molecule has 6 heteroatoms. The minimum Gasteiger partial charge on any atom is -0.378 e. The van der Waals surface area contributed by atoms with E-state index in [1.165, 1.54) is 0 Å². The molecule has 0 aromatic carbocycles. The minimum atomic E-state index is 0.0502. The molecule has 1 fully saturated rings. The van der Waals surface area contributed by atoms with Crippen molar-refractivity contribution in [1.82, 2.24) is 10.6 Å². The Morgan fingerprint density at radius 1 is 1.53 bits per heavy atom. The topological polar surface area (TPSA) is 50.4 Å². The van der Waals surface area contributed by atoms with Gasteiger partial charge in [-0.2, -0.15) is 0 Å². The molecular weight excluding hydrogens is 328 g/mol. The third kappa shape index (κ3) is 5.22. The van der Waals surface area contributed by atoms with E-state index < -0.39 is 0 Å². The van der Waals surface area contributed by atoms with E-state index in [2.05, 4.69) is 26.6 Å². The van der Waals surface area contributed by atoms with Gasteiger partial charge < -0.3 is 15.4 Å². The van der Waals surface area contributed by atoms with E-state index in [0.717, 1.165) is 35.3 Å². The van der Waals surface area contributed by atoms with E-state index >= 15 is 0 Å². The van der Waals surface area contributed by atoms with Crippen molar-refractivity contribution in [3.05, 3.63) is 20.8 Å². The van der Waals surface area contributed by atoms with Gasteiger partial charge in [-0.25, -0.2) is 0 Å². The van der Waals surface area contributed by atoms with Crippen molar-refractivity contribution in [1.29, 1.82) is 0 Å². The standard InChI is InChI=1S/C13H19BrN2O2S/c14-11-4-8-19-12(11)9-16-13(17)3-7-18-10-1-5-15-6-2-10/h4,8,10,15H,1-3,5-7,9H2,(H,16,17). The molecule has 106 valence electrons. The van der Waals surface area contributed by atoms with Crippen LogP contribution in [0.5, 0.6) is 0 Å². The molecule has 19 heavy (non-hydrogen) atoms. The number of piperidine rings is 1. The first-order valence-electron chi connectivity index (χ1n) is 6.56. The summed E-state index contributed by atoms with van der Waals surface area (Å²) in [5.74, 6) is 0.0502. The van der Waals surface area contributed by atoms with Crippen LogP contribution < -0.4 is 10.6 Å². The quantitative estimate of drug-likeness (QED) is 0.830. The van der Waals surface area contributed by atoms with Crippen LogP contribution in [0.1, 0.15) is 24.1 Å². The van der Waals surface area contributed by atoms with Crippen molar-refractivity contribution in [3.63, 3.8) is 0 Å². The second kappa shape index (κ2) is 7.99. The van der Waals surface area contributed by atoms with Crippen LogP contribution in [0.15, 0.2) is 15.9 Å². The van der Waals surface area contributed by atoms with Crippen LogP contribution in [-0.2, 0) is 16.1 Å². The molecule has 4 nitrogen and oxygen atoms in total. The Bertz CT molecular complexity index is 405. The Hall–Kier alpha value is -0.430. The van der Waals surface area contributed by atoms with E-state index in [1.54, 1.807) is 11.3 Å². The molecule has 2 heterocycles. The summed E-state index contributed by atoms with van der Waals surface area (Å²) in [4.78, 5) is 12.8. The summed E-state index contributed by atoms with van der Waals surface area (Å²) in [5, 5.41) is 8.21. The fourth-order valence-corrected chi connectivity index (χ4v) is 3.43. The van der Waals surface area contributed by atoms with Gasteiger partial charge in [0.25, 0.3) is 0 Å². The third-order valence-electron chi connectivity index (χ3n) is 3.11. The van der Waals surface area contributed by atoms with Gasteiger partial charge in [0.2, 0.25) is 5.91 Å². The number of thiophene rings is 1. The molecule has 1 saturated heterocycles. The number of nitrogens with one attached hydrogen (secondary N) is 2. The molecule has 0 atom stereocenters. The average Bonchev–Trinajstić information content (AvgIpc) is 2.83. The predicted molar refractivity (Wildman–Crippen MR) is 80.3 cm³/mol. The summed E-state index contributed by atoms with van der Waals surface area (Å²) in [6, 6.07) is 1.99. The Labute approximate surface area is 126 Å². The summed E-state index contributed by atoms with van der Waals surface area (Å²) in [7, 11) is 0. The maximum atomic E-state index is 11.7. The number of amides is 1. The number of carbonyl (C=O) groups excluding carboxylic acids is 1. The van der Waals surface area contributed by atoms with Crippen LogP contribution in [-0.4, -0.2) is 31.7 Å². The van der Waals surface area contributed by atoms with Crippen molar-refractivity contribution in [2.24, 2.45) is 0 Å². The number of rotatable bonds is 6. The highest BCUT2D eigenvalue weighted by molar-refractivity contribution is 9.10. The second-order valence-electron chi connectivity index (χ2n) is 4.54. The Balaban J connectivity index is 1.58. The van der Waals surface area contributed by atoms with Crippen LogP contribution in [0.4, 0.5) is 0 Å². The molecule has 0 saturated carbocycles. The molecule has 1 amide bonds. The lowest BCUT2D eigenvalue weighted by atomic mass is 10.1. The van der Waals surface area contributed by atoms with Crippen molar-refractivity contribution in [3.8, 4) is 0 Å². The fraction of sp³-hybridized carbons (Fsp3) is 0.615. The summed E-state index contributed by atoms with van der Waals surface area (Å²) < 4.78 is 6.77. The van der Waals surface area contributed by atoms with Crippen LogP contribution in [0.25, 0.3) is 0 Å².